The van der Waals surface area contributed by atoms with E-state index < -0.39 is 23.0 Å². The third-order valence-electron chi connectivity index (χ3n) is 2.98. The molecule has 0 bridgehead atoms. The quantitative estimate of drug-likeness (QED) is 0.648. The van der Waals surface area contributed by atoms with Crippen molar-refractivity contribution in [2.45, 2.75) is 6.04 Å². The summed E-state index contributed by atoms with van der Waals surface area (Å²) in [5.41, 5.74) is 0.119. The van der Waals surface area contributed by atoms with Crippen LogP contribution in [0.3, 0.4) is 0 Å². The van der Waals surface area contributed by atoms with Gasteiger partial charge in [-0.05, 0) is 6.07 Å². The Morgan fingerprint density at radius 2 is 2.24 bits per heavy atom. The number of nitrogens with one attached hydrogen (secondary N) is 1. The number of hydrogen-bond donors (Lipinski definition) is 2. The maximum atomic E-state index is 12.1. The number of carbonyl (C=O) groups is 2. The van der Waals surface area contributed by atoms with Gasteiger partial charge in [0.05, 0.1) is 4.92 Å². The van der Waals surface area contributed by atoms with E-state index in [1.54, 1.807) is 0 Å². The van der Waals surface area contributed by atoms with E-state index in [-0.39, 0.29) is 11.4 Å². The van der Waals surface area contributed by atoms with Gasteiger partial charge in [0.25, 0.3) is 5.69 Å². The first-order valence-corrected chi connectivity index (χ1v) is 7.27. The zero-order valence-electron chi connectivity index (χ0n) is 10.9. The maximum absolute atomic E-state index is 12.1. The van der Waals surface area contributed by atoms with Crippen molar-refractivity contribution < 1.29 is 19.6 Å². The molecule has 2 N–H and O–H groups in total. The number of carboxylic acids is 1. The summed E-state index contributed by atoms with van der Waals surface area (Å²) in [6.45, 7) is 0.322. The second-order valence-electron chi connectivity index (χ2n) is 4.36. The number of amides is 2. The van der Waals surface area contributed by atoms with Crippen LogP contribution in [0.5, 0.6) is 0 Å². The Labute approximate surface area is 124 Å². The van der Waals surface area contributed by atoms with Crippen molar-refractivity contribution in [2.24, 2.45) is 0 Å². The third kappa shape index (κ3) is 3.63. The van der Waals surface area contributed by atoms with Crippen LogP contribution in [-0.2, 0) is 4.79 Å². The van der Waals surface area contributed by atoms with Gasteiger partial charge in [0.2, 0.25) is 0 Å². The van der Waals surface area contributed by atoms with E-state index in [9.17, 15) is 19.7 Å². The number of nitro groups is 1. The molecule has 2 rings (SSSR count). The minimum atomic E-state index is -1.06. The molecule has 0 saturated carbocycles. The molecular weight excluding hydrogens is 298 g/mol. The fourth-order valence-electron chi connectivity index (χ4n) is 1.94. The lowest BCUT2D eigenvalue weighted by molar-refractivity contribution is -0.384. The Kier molecular flexibility index (Phi) is 4.63. The second kappa shape index (κ2) is 6.44. The summed E-state index contributed by atoms with van der Waals surface area (Å²) in [7, 11) is 0. The summed E-state index contributed by atoms with van der Waals surface area (Å²) >= 11 is 1.47. The average molecular weight is 311 g/mol. The Morgan fingerprint density at radius 1 is 1.48 bits per heavy atom. The van der Waals surface area contributed by atoms with Crippen LogP contribution < -0.4 is 5.32 Å². The van der Waals surface area contributed by atoms with Crippen molar-refractivity contribution in [1.29, 1.82) is 0 Å². The molecule has 0 spiro atoms. The molecule has 1 aromatic rings. The Bertz CT molecular complexity index is 580. The fraction of sp³-hybridized carbons (Fsp3) is 0.333. The van der Waals surface area contributed by atoms with Crippen molar-refractivity contribution in [1.82, 2.24) is 4.90 Å². The van der Waals surface area contributed by atoms with E-state index in [1.165, 1.54) is 40.9 Å². The molecule has 0 aromatic heterocycles. The number of rotatable bonds is 3. The summed E-state index contributed by atoms with van der Waals surface area (Å²) in [4.78, 5) is 34.6. The lowest BCUT2D eigenvalue weighted by atomic mass is 10.2. The maximum Gasteiger partial charge on any atom is 0.327 e. The number of anilines is 1. The first kappa shape index (κ1) is 15.1. The van der Waals surface area contributed by atoms with Crippen LogP contribution in [0, 0.1) is 10.1 Å². The van der Waals surface area contributed by atoms with Crippen molar-refractivity contribution in [3.63, 3.8) is 0 Å². The van der Waals surface area contributed by atoms with Crippen LogP contribution in [-0.4, -0.2) is 51.0 Å². The van der Waals surface area contributed by atoms with Gasteiger partial charge in [-0.2, -0.15) is 11.8 Å². The van der Waals surface area contributed by atoms with Gasteiger partial charge in [-0.15, -0.1) is 0 Å². The van der Waals surface area contributed by atoms with E-state index in [0.29, 0.717) is 18.1 Å². The molecule has 1 aliphatic rings. The zero-order chi connectivity index (χ0) is 15.4. The first-order valence-electron chi connectivity index (χ1n) is 6.11. The molecule has 2 amide bonds. The third-order valence-corrected chi connectivity index (χ3v) is 4.01. The number of urea groups is 1. The standard InChI is InChI=1S/C12H13N3O5S/c16-11(17)10-7-21-5-4-14(10)12(18)13-8-2-1-3-9(6-8)15(19)20/h1-3,6,10H,4-5,7H2,(H,13,18)(H,16,17). The van der Waals surface area contributed by atoms with Crippen molar-refractivity contribution in [3.05, 3.63) is 34.4 Å². The first-order chi connectivity index (χ1) is 9.99. The highest BCUT2D eigenvalue weighted by Gasteiger charge is 2.32. The summed E-state index contributed by atoms with van der Waals surface area (Å²) in [6, 6.07) is 4.05. The van der Waals surface area contributed by atoms with Crippen LogP contribution in [0.2, 0.25) is 0 Å². The molecule has 1 fully saturated rings. The van der Waals surface area contributed by atoms with Crippen LogP contribution in [0.1, 0.15) is 0 Å². The van der Waals surface area contributed by atoms with Crippen LogP contribution in [0.4, 0.5) is 16.2 Å². The molecule has 8 nitrogen and oxygen atoms in total. The number of hydrogen-bond acceptors (Lipinski definition) is 5. The highest BCUT2D eigenvalue weighted by molar-refractivity contribution is 7.99. The number of benzene rings is 1. The molecule has 1 unspecified atom stereocenters. The van der Waals surface area contributed by atoms with Crippen molar-refractivity contribution in [3.8, 4) is 0 Å². The lowest BCUT2D eigenvalue weighted by Crippen LogP contribution is -2.51. The van der Waals surface area contributed by atoms with E-state index >= 15 is 0 Å². The normalized spacial score (nSPS) is 18.1. The molecule has 112 valence electrons. The second-order valence-corrected chi connectivity index (χ2v) is 5.51. The topological polar surface area (TPSA) is 113 Å². The van der Waals surface area contributed by atoms with Crippen LogP contribution >= 0.6 is 11.8 Å². The highest BCUT2D eigenvalue weighted by Crippen LogP contribution is 2.20. The Hall–Kier alpha value is -2.29. The fourth-order valence-corrected chi connectivity index (χ4v) is 2.98. The number of nitro benzene ring substituents is 1. The number of aliphatic carboxylic acids is 1. The number of carbonyl (C=O) groups excluding carboxylic acids is 1. The molecule has 0 radical (unpaired) electrons. The number of nitrogens with zero attached hydrogens (tertiary/aromatic N) is 2. The van der Waals surface area contributed by atoms with E-state index in [2.05, 4.69) is 5.32 Å². The lowest BCUT2D eigenvalue weighted by Gasteiger charge is -2.32. The van der Waals surface area contributed by atoms with Gasteiger partial charge in [0, 0.05) is 35.9 Å². The molecular formula is C12H13N3O5S. The number of carboxylic acid groups (broad SMARTS) is 1. The van der Waals surface area contributed by atoms with E-state index in [1.807, 2.05) is 0 Å². The van der Waals surface area contributed by atoms with E-state index in [0.717, 1.165) is 0 Å². The molecule has 0 aliphatic carbocycles. The number of non-ortho nitro benzene ring substituents is 1. The Balaban J connectivity index is 2.11. The van der Waals surface area contributed by atoms with Gasteiger partial charge < -0.3 is 15.3 Å². The summed E-state index contributed by atoms with van der Waals surface area (Å²) < 4.78 is 0. The number of thioether (sulfide) groups is 1. The predicted octanol–water partition coefficient (Wildman–Crippen LogP) is 1.63. The molecule has 21 heavy (non-hydrogen) atoms. The van der Waals surface area contributed by atoms with Gasteiger partial charge in [-0.1, -0.05) is 6.07 Å². The van der Waals surface area contributed by atoms with Crippen LogP contribution in [0.25, 0.3) is 0 Å². The molecule has 1 atom stereocenters. The molecule has 1 heterocycles. The molecule has 1 aromatic carbocycles. The summed E-state index contributed by atoms with van der Waals surface area (Å²) in [5.74, 6) is -0.0690. The monoisotopic (exact) mass is 311 g/mol. The zero-order valence-corrected chi connectivity index (χ0v) is 11.7. The van der Waals surface area contributed by atoms with Gasteiger partial charge in [-0.25, -0.2) is 9.59 Å². The van der Waals surface area contributed by atoms with E-state index in [4.69, 9.17) is 5.11 Å². The predicted molar refractivity (Wildman–Crippen MR) is 77.6 cm³/mol. The molecule has 1 saturated heterocycles. The summed E-state index contributed by atoms with van der Waals surface area (Å²) in [6.07, 6.45) is 0. The van der Waals surface area contributed by atoms with Gasteiger partial charge in [-0.3, -0.25) is 10.1 Å². The van der Waals surface area contributed by atoms with Gasteiger partial charge >= 0.3 is 12.0 Å². The molecule has 1 aliphatic heterocycles. The van der Waals surface area contributed by atoms with Crippen LogP contribution in [0.15, 0.2) is 24.3 Å². The van der Waals surface area contributed by atoms with Gasteiger partial charge in [0.1, 0.15) is 6.04 Å². The van der Waals surface area contributed by atoms with Crippen molar-refractivity contribution >= 4 is 35.1 Å². The van der Waals surface area contributed by atoms with Gasteiger partial charge in [0.15, 0.2) is 0 Å². The largest absolute Gasteiger partial charge is 0.480 e. The minimum Gasteiger partial charge on any atom is -0.480 e. The summed E-state index contributed by atoms with van der Waals surface area (Å²) in [5, 5.41) is 22.3. The average Bonchev–Trinajstić information content (AvgIpc) is 2.47. The molecule has 9 heteroatoms. The highest BCUT2D eigenvalue weighted by atomic mass is 32.2. The smallest absolute Gasteiger partial charge is 0.327 e. The van der Waals surface area contributed by atoms with Crippen molar-refractivity contribution in [2.75, 3.05) is 23.4 Å². The minimum absolute atomic E-state index is 0.142. The SMILES string of the molecule is O=C(O)C1CSCCN1C(=O)Nc1cccc([N+](=O)[O-])c1. The Morgan fingerprint density at radius 3 is 2.90 bits per heavy atom.